The highest BCUT2D eigenvalue weighted by atomic mass is 16.2. The maximum atomic E-state index is 11.9. The number of carbonyl (C=O) groups excluding carboxylic acids is 1. The van der Waals surface area contributed by atoms with Crippen molar-refractivity contribution in [3.63, 3.8) is 0 Å². The number of aromatic amines is 2. The Labute approximate surface area is 109 Å². The standard InChI is InChI=1S/C13H12N4O2/c14-7-3-5-9-4-1-2-6-10(9)16-12(18)11-8-15-13(19)17-11/h1-2,4,6,8H,7,14H2,(H,16,18)(H2,15,17,19). The van der Waals surface area contributed by atoms with Crippen LogP contribution in [0.3, 0.4) is 0 Å². The lowest BCUT2D eigenvalue weighted by Crippen LogP contribution is -2.14. The topological polar surface area (TPSA) is 104 Å². The number of amides is 1. The maximum absolute atomic E-state index is 11.9. The third-order valence-electron chi connectivity index (χ3n) is 2.34. The van der Waals surface area contributed by atoms with Gasteiger partial charge >= 0.3 is 5.69 Å². The van der Waals surface area contributed by atoms with Crippen LogP contribution in [-0.2, 0) is 0 Å². The Morgan fingerprint density at radius 1 is 1.37 bits per heavy atom. The van der Waals surface area contributed by atoms with Gasteiger partial charge in [-0.3, -0.25) is 4.79 Å². The molecule has 0 radical (unpaired) electrons. The van der Waals surface area contributed by atoms with E-state index in [0.29, 0.717) is 11.3 Å². The second-order valence-corrected chi connectivity index (χ2v) is 3.66. The number of para-hydroxylation sites is 1. The molecule has 0 saturated carbocycles. The van der Waals surface area contributed by atoms with E-state index in [4.69, 9.17) is 5.73 Å². The summed E-state index contributed by atoms with van der Waals surface area (Å²) in [7, 11) is 0. The summed E-state index contributed by atoms with van der Waals surface area (Å²) in [5, 5.41) is 2.68. The molecule has 0 unspecified atom stereocenters. The van der Waals surface area contributed by atoms with Crippen molar-refractivity contribution < 1.29 is 4.79 Å². The number of aromatic nitrogens is 2. The first-order chi connectivity index (χ1) is 9.20. The Balaban J connectivity index is 2.24. The molecule has 6 nitrogen and oxygen atoms in total. The summed E-state index contributed by atoms with van der Waals surface area (Å²) in [4.78, 5) is 27.6. The van der Waals surface area contributed by atoms with Gasteiger partial charge in [-0.05, 0) is 12.1 Å². The molecule has 1 heterocycles. The number of rotatable bonds is 2. The molecule has 96 valence electrons. The highest BCUT2D eigenvalue weighted by Gasteiger charge is 2.09. The van der Waals surface area contributed by atoms with Gasteiger partial charge in [-0.2, -0.15) is 0 Å². The maximum Gasteiger partial charge on any atom is 0.323 e. The molecule has 0 spiro atoms. The quantitative estimate of drug-likeness (QED) is 0.579. The highest BCUT2D eigenvalue weighted by Crippen LogP contribution is 2.14. The number of hydrogen-bond donors (Lipinski definition) is 4. The van der Waals surface area contributed by atoms with Gasteiger partial charge in [0, 0.05) is 11.8 Å². The zero-order chi connectivity index (χ0) is 13.7. The first-order valence-corrected chi connectivity index (χ1v) is 5.57. The second kappa shape index (κ2) is 5.71. The van der Waals surface area contributed by atoms with Gasteiger partial charge in [0.25, 0.3) is 5.91 Å². The van der Waals surface area contributed by atoms with Crippen LogP contribution in [0.4, 0.5) is 5.69 Å². The molecule has 2 aromatic rings. The van der Waals surface area contributed by atoms with Crippen molar-refractivity contribution in [1.82, 2.24) is 9.97 Å². The van der Waals surface area contributed by atoms with Gasteiger partial charge in [0.1, 0.15) is 5.69 Å². The lowest BCUT2D eigenvalue weighted by molar-refractivity contribution is 0.102. The van der Waals surface area contributed by atoms with Crippen LogP contribution in [0.5, 0.6) is 0 Å². The van der Waals surface area contributed by atoms with Crippen LogP contribution in [0, 0.1) is 11.8 Å². The molecular formula is C13H12N4O2. The van der Waals surface area contributed by atoms with E-state index in [0.717, 1.165) is 0 Å². The van der Waals surface area contributed by atoms with Gasteiger partial charge in [-0.15, -0.1) is 0 Å². The first-order valence-electron chi connectivity index (χ1n) is 5.57. The summed E-state index contributed by atoms with van der Waals surface area (Å²) < 4.78 is 0. The molecule has 0 fully saturated rings. The molecule has 0 atom stereocenters. The lowest BCUT2D eigenvalue weighted by atomic mass is 10.2. The second-order valence-electron chi connectivity index (χ2n) is 3.66. The third-order valence-corrected chi connectivity index (χ3v) is 2.34. The molecule has 2 rings (SSSR count). The number of nitrogens with one attached hydrogen (secondary N) is 3. The van der Waals surface area contributed by atoms with Crippen molar-refractivity contribution in [2.24, 2.45) is 5.73 Å². The number of benzene rings is 1. The van der Waals surface area contributed by atoms with Crippen molar-refractivity contribution in [2.45, 2.75) is 0 Å². The molecule has 0 aliphatic rings. The normalized spacial score (nSPS) is 9.53. The molecule has 0 aliphatic heterocycles. The number of carbonyl (C=O) groups is 1. The van der Waals surface area contributed by atoms with Gasteiger partial charge in [0.05, 0.1) is 12.2 Å². The number of imidazole rings is 1. The van der Waals surface area contributed by atoms with Gasteiger partial charge in [-0.25, -0.2) is 4.79 Å². The SMILES string of the molecule is NCC#Cc1ccccc1NC(=O)c1c[nH]c(=O)[nH]1. The van der Waals surface area contributed by atoms with Gasteiger partial charge in [0.2, 0.25) is 0 Å². The van der Waals surface area contributed by atoms with Gasteiger partial charge in [-0.1, -0.05) is 24.0 Å². The Kier molecular flexibility index (Phi) is 3.81. The smallest absolute Gasteiger partial charge is 0.320 e. The van der Waals surface area contributed by atoms with E-state index in [2.05, 4.69) is 27.1 Å². The minimum Gasteiger partial charge on any atom is -0.320 e. The monoisotopic (exact) mass is 256 g/mol. The highest BCUT2D eigenvalue weighted by molar-refractivity contribution is 6.03. The average molecular weight is 256 g/mol. The van der Waals surface area contributed by atoms with Crippen molar-refractivity contribution in [1.29, 1.82) is 0 Å². The van der Waals surface area contributed by atoms with Crippen LogP contribution >= 0.6 is 0 Å². The summed E-state index contributed by atoms with van der Waals surface area (Å²) in [6.45, 7) is 0.243. The van der Waals surface area contributed by atoms with Crippen LogP contribution in [0.25, 0.3) is 0 Å². The van der Waals surface area contributed by atoms with Crippen LogP contribution < -0.4 is 16.7 Å². The molecule has 0 aliphatic carbocycles. The summed E-state index contributed by atoms with van der Waals surface area (Å²) in [6, 6.07) is 7.10. The summed E-state index contributed by atoms with van der Waals surface area (Å²) in [5.41, 5.74) is 6.28. The summed E-state index contributed by atoms with van der Waals surface area (Å²) in [5.74, 6) is 5.17. The number of hydrogen-bond acceptors (Lipinski definition) is 3. The molecule has 0 saturated heterocycles. The molecule has 19 heavy (non-hydrogen) atoms. The van der Waals surface area contributed by atoms with Crippen LogP contribution in [0.1, 0.15) is 16.1 Å². The Hall–Kier alpha value is -2.78. The Bertz CT molecular complexity index is 703. The van der Waals surface area contributed by atoms with E-state index in [1.54, 1.807) is 18.2 Å². The summed E-state index contributed by atoms with van der Waals surface area (Å²) >= 11 is 0. The molecule has 0 bridgehead atoms. The van der Waals surface area contributed by atoms with Gasteiger partial charge < -0.3 is 21.0 Å². The minimum absolute atomic E-state index is 0.159. The number of nitrogens with two attached hydrogens (primary N) is 1. The fourth-order valence-electron chi connectivity index (χ4n) is 1.49. The lowest BCUT2D eigenvalue weighted by Gasteiger charge is -2.05. The van der Waals surface area contributed by atoms with E-state index in [1.807, 2.05) is 6.07 Å². The van der Waals surface area contributed by atoms with Crippen molar-refractivity contribution >= 4 is 11.6 Å². The fourth-order valence-corrected chi connectivity index (χ4v) is 1.49. The van der Waals surface area contributed by atoms with E-state index in [1.165, 1.54) is 6.20 Å². The van der Waals surface area contributed by atoms with E-state index in [-0.39, 0.29) is 12.2 Å². The predicted molar refractivity (Wildman–Crippen MR) is 71.7 cm³/mol. The average Bonchev–Trinajstić information content (AvgIpc) is 2.84. The van der Waals surface area contributed by atoms with E-state index < -0.39 is 11.6 Å². The van der Waals surface area contributed by atoms with Crippen molar-refractivity contribution in [2.75, 3.05) is 11.9 Å². The van der Waals surface area contributed by atoms with E-state index in [9.17, 15) is 9.59 Å². The molecule has 5 N–H and O–H groups in total. The zero-order valence-corrected chi connectivity index (χ0v) is 9.99. The Morgan fingerprint density at radius 2 is 2.16 bits per heavy atom. The zero-order valence-electron chi connectivity index (χ0n) is 9.99. The van der Waals surface area contributed by atoms with E-state index >= 15 is 0 Å². The van der Waals surface area contributed by atoms with Crippen LogP contribution in [0.2, 0.25) is 0 Å². The molecule has 6 heteroatoms. The largest absolute Gasteiger partial charge is 0.323 e. The summed E-state index contributed by atoms with van der Waals surface area (Å²) in [6.07, 6.45) is 1.31. The van der Waals surface area contributed by atoms with Gasteiger partial charge in [0.15, 0.2) is 0 Å². The molecule has 1 amide bonds. The molecule has 1 aromatic heterocycles. The molecule has 1 aromatic carbocycles. The van der Waals surface area contributed by atoms with Crippen molar-refractivity contribution in [3.05, 3.63) is 52.2 Å². The predicted octanol–water partition coefficient (Wildman–Crippen LogP) is 0.266. The van der Waals surface area contributed by atoms with Crippen LogP contribution in [0.15, 0.2) is 35.3 Å². The fraction of sp³-hybridized carbons (Fsp3) is 0.0769. The minimum atomic E-state index is -0.429. The molecular weight excluding hydrogens is 244 g/mol. The number of anilines is 1. The van der Waals surface area contributed by atoms with Crippen LogP contribution in [-0.4, -0.2) is 22.4 Å². The first kappa shape index (κ1) is 12.7. The Morgan fingerprint density at radius 3 is 2.84 bits per heavy atom. The number of H-pyrrole nitrogens is 2. The van der Waals surface area contributed by atoms with Crippen molar-refractivity contribution in [3.8, 4) is 11.8 Å². The third kappa shape index (κ3) is 3.12.